The molecule has 1 N–H and O–H groups in total. The van der Waals surface area contributed by atoms with Gasteiger partial charge in [-0.05, 0) is 24.8 Å². The van der Waals surface area contributed by atoms with E-state index in [0.29, 0.717) is 12.8 Å². The van der Waals surface area contributed by atoms with Gasteiger partial charge in [0.2, 0.25) is 0 Å². The van der Waals surface area contributed by atoms with Gasteiger partial charge >= 0.3 is 6.18 Å². The molecule has 1 saturated carbocycles. The number of nitrogens with one attached hydrogen (secondary N) is 1. The average molecular weight is 376 g/mol. The number of nitrogens with zero attached hydrogens (tertiary/aromatic N) is 3. The second-order valence-electron chi connectivity index (χ2n) is 6.52. The van der Waals surface area contributed by atoms with Crippen LogP contribution in [0.5, 0.6) is 0 Å². The highest BCUT2D eigenvalue weighted by Gasteiger charge is 2.37. The number of fused-ring (bicyclic) bond motifs is 1. The Balaban J connectivity index is 1.56. The number of alkyl halides is 3. The molecule has 25 heavy (non-hydrogen) atoms. The van der Waals surface area contributed by atoms with Gasteiger partial charge in [-0.2, -0.15) is 13.2 Å². The van der Waals surface area contributed by atoms with E-state index in [9.17, 15) is 21.6 Å². The lowest BCUT2D eigenvalue weighted by molar-refractivity contribution is -0.129. The van der Waals surface area contributed by atoms with Crippen LogP contribution in [0.4, 0.5) is 19.0 Å². The summed E-state index contributed by atoms with van der Waals surface area (Å²) in [5, 5.41) is 0.881. The topological polar surface area (TPSA) is 79.0 Å². The van der Waals surface area contributed by atoms with Crippen molar-refractivity contribution in [2.24, 2.45) is 5.92 Å². The van der Waals surface area contributed by atoms with Crippen molar-refractivity contribution in [1.29, 1.82) is 0 Å². The third-order valence-corrected chi connectivity index (χ3v) is 6.42. The van der Waals surface area contributed by atoms with Crippen LogP contribution in [0, 0.1) is 5.92 Å². The first-order valence-electron chi connectivity index (χ1n) is 7.93. The van der Waals surface area contributed by atoms with Crippen molar-refractivity contribution in [2.45, 2.75) is 31.5 Å². The summed E-state index contributed by atoms with van der Waals surface area (Å²) in [6.45, 7) is 0. The Morgan fingerprint density at radius 3 is 2.72 bits per heavy atom. The molecule has 0 aromatic carbocycles. The predicted molar refractivity (Wildman–Crippen MR) is 88.1 cm³/mol. The molecule has 0 saturated heterocycles. The minimum atomic E-state index is -4.44. The van der Waals surface area contributed by atoms with E-state index in [4.69, 9.17) is 0 Å². The lowest BCUT2D eigenvalue weighted by Gasteiger charge is -2.41. The van der Waals surface area contributed by atoms with E-state index in [1.54, 1.807) is 6.20 Å². The van der Waals surface area contributed by atoms with E-state index in [2.05, 4.69) is 15.0 Å². The SMILES string of the molecule is CN(c1ncnc2[nH]ccc12)[C@H]1C[C@@H](CS(=O)(=O)CCC(F)(F)F)C1. The molecule has 2 aromatic rings. The van der Waals surface area contributed by atoms with Crippen molar-refractivity contribution in [3.63, 3.8) is 0 Å². The van der Waals surface area contributed by atoms with Crippen LogP contribution in [0.15, 0.2) is 18.6 Å². The van der Waals surface area contributed by atoms with Crippen LogP contribution in [0.1, 0.15) is 19.3 Å². The Kier molecular flexibility index (Phi) is 4.65. The van der Waals surface area contributed by atoms with Crippen LogP contribution in [0.25, 0.3) is 11.0 Å². The molecular formula is C15H19F3N4O2S. The molecule has 6 nitrogen and oxygen atoms in total. The number of halogens is 3. The van der Waals surface area contributed by atoms with Crippen LogP contribution in [-0.4, -0.2) is 54.1 Å². The molecule has 0 radical (unpaired) electrons. The summed E-state index contributed by atoms with van der Waals surface area (Å²) < 4.78 is 60.2. The second-order valence-corrected chi connectivity index (χ2v) is 8.75. The Labute approximate surface area is 143 Å². The van der Waals surface area contributed by atoms with Crippen molar-refractivity contribution >= 4 is 26.7 Å². The first kappa shape index (κ1) is 18.0. The first-order chi connectivity index (χ1) is 11.6. The fourth-order valence-electron chi connectivity index (χ4n) is 3.18. The summed E-state index contributed by atoms with van der Waals surface area (Å²) in [5.41, 5.74) is 0.724. The normalized spacial score (nSPS) is 21.3. The zero-order chi connectivity index (χ0) is 18.2. The first-order valence-corrected chi connectivity index (χ1v) is 9.75. The van der Waals surface area contributed by atoms with Crippen molar-refractivity contribution in [2.75, 3.05) is 23.5 Å². The maximum atomic E-state index is 12.2. The molecule has 0 bridgehead atoms. The standard InChI is InChI=1S/C15H19F3N4O2S/c1-22(14-12-2-4-19-13(12)20-9-21-14)11-6-10(7-11)8-25(23,24)5-3-15(16,17)18/h2,4,9-11H,3,5-8H2,1H3,(H,19,20,21)/t10-,11+. The average Bonchev–Trinajstić information content (AvgIpc) is 2.96. The van der Waals surface area contributed by atoms with Crippen LogP contribution in [0.2, 0.25) is 0 Å². The molecule has 0 amide bonds. The number of hydrogen-bond acceptors (Lipinski definition) is 5. The lowest BCUT2D eigenvalue weighted by Crippen LogP contribution is -2.45. The molecule has 138 valence electrons. The van der Waals surface area contributed by atoms with E-state index in [1.165, 1.54) is 6.33 Å². The lowest BCUT2D eigenvalue weighted by atomic mass is 9.81. The largest absolute Gasteiger partial charge is 0.390 e. The van der Waals surface area contributed by atoms with Gasteiger partial charge in [0.25, 0.3) is 0 Å². The van der Waals surface area contributed by atoms with Crippen LogP contribution < -0.4 is 4.90 Å². The van der Waals surface area contributed by atoms with Crippen LogP contribution >= 0.6 is 0 Å². The number of sulfone groups is 1. The molecule has 0 unspecified atom stereocenters. The van der Waals surface area contributed by atoms with E-state index in [0.717, 1.165) is 16.9 Å². The summed E-state index contributed by atoms with van der Waals surface area (Å²) in [5.74, 6) is -0.357. The molecule has 1 fully saturated rings. The van der Waals surface area contributed by atoms with Gasteiger partial charge in [-0.3, -0.25) is 0 Å². The number of hydrogen-bond donors (Lipinski definition) is 1. The van der Waals surface area contributed by atoms with E-state index >= 15 is 0 Å². The zero-order valence-electron chi connectivity index (χ0n) is 13.6. The number of aromatic amines is 1. The predicted octanol–water partition coefficient (Wildman–Crippen LogP) is 2.54. The second kappa shape index (κ2) is 6.47. The van der Waals surface area contributed by atoms with Crippen LogP contribution in [0.3, 0.4) is 0 Å². The van der Waals surface area contributed by atoms with E-state index < -0.39 is 28.2 Å². The summed E-state index contributed by atoms with van der Waals surface area (Å²) in [6.07, 6.45) is -1.24. The molecule has 2 aromatic heterocycles. The van der Waals surface area contributed by atoms with Gasteiger partial charge in [-0.25, -0.2) is 18.4 Å². The number of rotatable bonds is 6. The van der Waals surface area contributed by atoms with Gasteiger partial charge in [0.15, 0.2) is 9.84 Å². The highest BCUT2D eigenvalue weighted by atomic mass is 32.2. The van der Waals surface area contributed by atoms with Gasteiger partial charge in [0, 0.05) is 19.3 Å². The highest BCUT2D eigenvalue weighted by molar-refractivity contribution is 7.91. The smallest absolute Gasteiger partial charge is 0.356 e. The monoisotopic (exact) mass is 376 g/mol. The number of anilines is 1. The molecule has 2 heterocycles. The van der Waals surface area contributed by atoms with Gasteiger partial charge in [0.05, 0.1) is 23.3 Å². The maximum absolute atomic E-state index is 12.2. The van der Waals surface area contributed by atoms with E-state index in [1.807, 2.05) is 18.0 Å². The van der Waals surface area contributed by atoms with Gasteiger partial charge < -0.3 is 9.88 Å². The summed E-state index contributed by atoms with van der Waals surface area (Å²) in [7, 11) is -1.80. The van der Waals surface area contributed by atoms with Gasteiger partial charge in [-0.15, -0.1) is 0 Å². The molecule has 0 spiro atoms. The number of aromatic nitrogens is 3. The number of H-pyrrole nitrogens is 1. The third-order valence-electron chi connectivity index (χ3n) is 4.61. The van der Waals surface area contributed by atoms with Crippen LogP contribution in [-0.2, 0) is 9.84 Å². The fraction of sp³-hybridized carbons (Fsp3) is 0.600. The molecular weight excluding hydrogens is 357 g/mol. The third kappa shape index (κ3) is 4.23. The molecule has 1 aliphatic carbocycles. The van der Waals surface area contributed by atoms with Crippen molar-refractivity contribution in [3.8, 4) is 0 Å². The van der Waals surface area contributed by atoms with Crippen molar-refractivity contribution in [3.05, 3.63) is 18.6 Å². The Hall–Kier alpha value is -1.84. The maximum Gasteiger partial charge on any atom is 0.390 e. The Morgan fingerprint density at radius 2 is 2.04 bits per heavy atom. The van der Waals surface area contributed by atoms with Gasteiger partial charge in [-0.1, -0.05) is 0 Å². The Morgan fingerprint density at radius 1 is 1.32 bits per heavy atom. The van der Waals surface area contributed by atoms with Crippen molar-refractivity contribution in [1.82, 2.24) is 15.0 Å². The fourth-order valence-corrected chi connectivity index (χ4v) is 4.88. The van der Waals surface area contributed by atoms with Gasteiger partial charge in [0.1, 0.15) is 17.8 Å². The quantitative estimate of drug-likeness (QED) is 0.838. The zero-order valence-corrected chi connectivity index (χ0v) is 14.4. The highest BCUT2D eigenvalue weighted by Crippen LogP contribution is 2.36. The Bertz CT molecular complexity index is 844. The summed E-state index contributed by atoms with van der Waals surface area (Å²) in [4.78, 5) is 13.4. The summed E-state index contributed by atoms with van der Waals surface area (Å²) in [6, 6.07) is 2.00. The van der Waals surface area contributed by atoms with E-state index in [-0.39, 0.29) is 17.7 Å². The summed E-state index contributed by atoms with van der Waals surface area (Å²) >= 11 is 0. The minimum absolute atomic E-state index is 0.103. The minimum Gasteiger partial charge on any atom is -0.356 e. The van der Waals surface area contributed by atoms with Crippen molar-refractivity contribution < 1.29 is 21.6 Å². The molecule has 10 heteroatoms. The molecule has 1 aliphatic rings. The molecule has 3 rings (SSSR count). The molecule has 0 aliphatic heterocycles. The molecule has 0 atom stereocenters.